The van der Waals surface area contributed by atoms with Gasteiger partial charge in [-0.05, 0) is 18.9 Å². The van der Waals surface area contributed by atoms with Gasteiger partial charge in [0.15, 0.2) is 0 Å². The molecule has 82 valence electrons. The van der Waals surface area contributed by atoms with Crippen molar-refractivity contribution in [1.29, 1.82) is 0 Å². The molecule has 0 atom stereocenters. The quantitative estimate of drug-likeness (QED) is 0.802. The summed E-state index contributed by atoms with van der Waals surface area (Å²) in [5.74, 6) is 0.817. The summed E-state index contributed by atoms with van der Waals surface area (Å²) in [6, 6.07) is 1.96. The Kier molecular flexibility index (Phi) is 2.30. The van der Waals surface area contributed by atoms with E-state index in [1.807, 2.05) is 6.07 Å². The van der Waals surface area contributed by atoms with Crippen LogP contribution in [0.1, 0.15) is 45.1 Å². The van der Waals surface area contributed by atoms with Crippen LogP contribution in [0.25, 0.3) is 0 Å². The first-order chi connectivity index (χ1) is 6.98. The van der Waals surface area contributed by atoms with Gasteiger partial charge >= 0.3 is 0 Å². The van der Waals surface area contributed by atoms with Crippen molar-refractivity contribution in [2.45, 2.75) is 44.4 Å². The predicted octanol–water partition coefficient (Wildman–Crippen LogP) is 1.80. The fourth-order valence-electron chi connectivity index (χ4n) is 1.64. The predicted molar refractivity (Wildman–Crippen MR) is 58.7 cm³/mol. The van der Waals surface area contributed by atoms with E-state index in [0.717, 1.165) is 24.4 Å². The lowest BCUT2D eigenvalue weighted by atomic mass is 9.92. The summed E-state index contributed by atoms with van der Waals surface area (Å²) < 4.78 is 0. The molecule has 0 bridgehead atoms. The Bertz CT molecular complexity index is 364. The third-order valence-corrected chi connectivity index (χ3v) is 3.05. The van der Waals surface area contributed by atoms with Crippen LogP contribution in [0.3, 0.4) is 0 Å². The van der Waals surface area contributed by atoms with Crippen LogP contribution in [0.2, 0.25) is 0 Å². The zero-order valence-corrected chi connectivity index (χ0v) is 9.62. The van der Waals surface area contributed by atoms with E-state index in [-0.39, 0.29) is 17.4 Å². The highest BCUT2D eigenvalue weighted by atomic mass is 16.3. The van der Waals surface area contributed by atoms with Gasteiger partial charge in [-0.1, -0.05) is 20.8 Å². The smallest absolute Gasteiger partial charge is 0.136 e. The molecule has 1 saturated carbocycles. The number of aliphatic hydroxyl groups excluding tert-OH is 1. The average Bonchev–Trinajstić information content (AvgIpc) is 2.97. The Labute approximate surface area is 90.6 Å². The molecule has 3 nitrogen and oxygen atoms in total. The second kappa shape index (κ2) is 3.27. The summed E-state index contributed by atoms with van der Waals surface area (Å²) in [4.78, 5) is 8.86. The minimum atomic E-state index is -0.124. The lowest BCUT2D eigenvalue weighted by Crippen LogP contribution is -2.21. The van der Waals surface area contributed by atoms with Crippen molar-refractivity contribution in [1.82, 2.24) is 9.97 Å². The number of hydrogen-bond acceptors (Lipinski definition) is 3. The van der Waals surface area contributed by atoms with E-state index in [2.05, 4.69) is 30.7 Å². The molecule has 1 fully saturated rings. The molecule has 1 N–H and O–H groups in total. The van der Waals surface area contributed by atoms with E-state index in [9.17, 15) is 5.11 Å². The lowest BCUT2D eigenvalue weighted by Gasteiger charge is -2.19. The van der Waals surface area contributed by atoms with Gasteiger partial charge in [-0.2, -0.15) is 0 Å². The van der Waals surface area contributed by atoms with Gasteiger partial charge < -0.3 is 5.11 Å². The maximum atomic E-state index is 9.32. The minimum absolute atomic E-state index is 0.0449. The van der Waals surface area contributed by atoms with Crippen LogP contribution in [0.15, 0.2) is 12.3 Å². The molecule has 2 rings (SSSR count). The third kappa shape index (κ3) is 1.88. The standard InChI is InChI=1S/C12H18N2O/c1-11(2,3)9-4-7-13-10(14-9)12(8-15)5-6-12/h4,7,15H,5-6,8H2,1-3H3. The summed E-state index contributed by atoms with van der Waals surface area (Å²) in [6.45, 7) is 6.58. The van der Waals surface area contributed by atoms with Crippen LogP contribution >= 0.6 is 0 Å². The molecule has 1 heterocycles. The average molecular weight is 206 g/mol. The number of hydrogen-bond donors (Lipinski definition) is 1. The van der Waals surface area contributed by atoms with Gasteiger partial charge in [0.05, 0.1) is 12.0 Å². The van der Waals surface area contributed by atoms with E-state index < -0.39 is 0 Å². The maximum absolute atomic E-state index is 9.32. The summed E-state index contributed by atoms with van der Waals surface area (Å²) >= 11 is 0. The Balaban J connectivity index is 2.35. The first kappa shape index (κ1) is 10.6. The summed E-state index contributed by atoms with van der Waals surface area (Å²) in [6.07, 6.45) is 3.83. The van der Waals surface area contributed by atoms with Crippen molar-refractivity contribution in [3.63, 3.8) is 0 Å². The van der Waals surface area contributed by atoms with Crippen LogP contribution in [-0.4, -0.2) is 21.7 Å². The normalized spacial score (nSPS) is 18.9. The zero-order valence-electron chi connectivity index (χ0n) is 9.62. The molecule has 0 amide bonds. The summed E-state index contributed by atoms with van der Waals surface area (Å²) in [7, 11) is 0. The highest BCUT2D eigenvalue weighted by Gasteiger charge is 2.46. The molecule has 0 aliphatic heterocycles. The summed E-state index contributed by atoms with van der Waals surface area (Å²) in [5.41, 5.74) is 0.969. The van der Waals surface area contributed by atoms with Gasteiger partial charge in [-0.3, -0.25) is 0 Å². The van der Waals surface area contributed by atoms with Gasteiger partial charge in [-0.15, -0.1) is 0 Å². The fourth-order valence-corrected chi connectivity index (χ4v) is 1.64. The van der Waals surface area contributed by atoms with Crippen molar-refractivity contribution >= 4 is 0 Å². The zero-order chi connectivity index (χ0) is 11.1. The number of aromatic nitrogens is 2. The maximum Gasteiger partial charge on any atom is 0.136 e. The SMILES string of the molecule is CC(C)(C)c1ccnc(C2(CO)CC2)n1. The Hall–Kier alpha value is -0.960. The Morgan fingerprint density at radius 3 is 2.53 bits per heavy atom. The Morgan fingerprint density at radius 2 is 2.07 bits per heavy atom. The summed E-state index contributed by atoms with van der Waals surface area (Å²) in [5, 5.41) is 9.32. The van der Waals surface area contributed by atoms with Crippen LogP contribution < -0.4 is 0 Å². The molecule has 0 aromatic carbocycles. The van der Waals surface area contributed by atoms with Crippen molar-refractivity contribution in [2.75, 3.05) is 6.61 Å². The fraction of sp³-hybridized carbons (Fsp3) is 0.667. The van der Waals surface area contributed by atoms with Crippen LogP contribution in [0, 0.1) is 0 Å². The van der Waals surface area contributed by atoms with Crippen molar-refractivity contribution < 1.29 is 5.11 Å². The molecule has 1 aromatic rings. The van der Waals surface area contributed by atoms with Crippen molar-refractivity contribution in [2.24, 2.45) is 0 Å². The molecular weight excluding hydrogens is 188 g/mol. The lowest BCUT2D eigenvalue weighted by molar-refractivity contribution is 0.249. The van der Waals surface area contributed by atoms with E-state index in [1.54, 1.807) is 6.20 Å². The van der Waals surface area contributed by atoms with Crippen LogP contribution in [0.4, 0.5) is 0 Å². The highest BCUT2D eigenvalue weighted by Crippen LogP contribution is 2.46. The topological polar surface area (TPSA) is 46.0 Å². The van der Waals surface area contributed by atoms with Gasteiger partial charge in [0.1, 0.15) is 5.82 Å². The van der Waals surface area contributed by atoms with Gasteiger partial charge in [0, 0.05) is 17.3 Å². The molecule has 0 radical (unpaired) electrons. The van der Waals surface area contributed by atoms with E-state index in [0.29, 0.717) is 0 Å². The van der Waals surface area contributed by atoms with Gasteiger partial charge in [0.2, 0.25) is 0 Å². The second-order valence-corrected chi connectivity index (χ2v) is 5.45. The third-order valence-electron chi connectivity index (χ3n) is 3.05. The number of rotatable bonds is 2. The molecule has 15 heavy (non-hydrogen) atoms. The van der Waals surface area contributed by atoms with Crippen molar-refractivity contribution in [3.05, 3.63) is 23.8 Å². The van der Waals surface area contributed by atoms with Crippen molar-refractivity contribution in [3.8, 4) is 0 Å². The van der Waals surface area contributed by atoms with Crippen LogP contribution in [0.5, 0.6) is 0 Å². The molecule has 0 spiro atoms. The largest absolute Gasteiger partial charge is 0.395 e. The number of nitrogens with zero attached hydrogens (tertiary/aromatic N) is 2. The molecule has 0 unspecified atom stereocenters. The molecule has 1 aliphatic rings. The molecule has 0 saturated heterocycles. The van der Waals surface area contributed by atoms with E-state index in [1.165, 1.54) is 0 Å². The van der Waals surface area contributed by atoms with Gasteiger partial charge in [0.25, 0.3) is 0 Å². The monoisotopic (exact) mass is 206 g/mol. The molecular formula is C12H18N2O. The van der Waals surface area contributed by atoms with E-state index in [4.69, 9.17) is 0 Å². The Morgan fingerprint density at radius 1 is 1.40 bits per heavy atom. The molecule has 3 heteroatoms. The first-order valence-corrected chi connectivity index (χ1v) is 5.43. The van der Waals surface area contributed by atoms with Gasteiger partial charge in [-0.25, -0.2) is 9.97 Å². The highest BCUT2D eigenvalue weighted by molar-refractivity contribution is 5.22. The van der Waals surface area contributed by atoms with E-state index >= 15 is 0 Å². The minimum Gasteiger partial charge on any atom is -0.395 e. The second-order valence-electron chi connectivity index (χ2n) is 5.45. The molecule has 1 aliphatic carbocycles. The number of aliphatic hydroxyl groups is 1. The van der Waals surface area contributed by atoms with Crippen LogP contribution in [-0.2, 0) is 10.8 Å². The first-order valence-electron chi connectivity index (χ1n) is 5.43. The molecule has 1 aromatic heterocycles.